The number of anilines is 2. The predicted molar refractivity (Wildman–Crippen MR) is 168 cm³/mol. The lowest BCUT2D eigenvalue weighted by atomic mass is 10.2. The first-order valence-electron chi connectivity index (χ1n) is 13.1. The molecule has 0 aliphatic heterocycles. The third-order valence-electron chi connectivity index (χ3n) is 6.02. The van der Waals surface area contributed by atoms with E-state index in [1.807, 2.05) is 13.0 Å². The number of pyridine rings is 1. The fraction of sp³-hybridized carbons (Fsp3) is 0.0938. The molecule has 43 heavy (non-hydrogen) atoms. The highest BCUT2D eigenvalue weighted by Gasteiger charge is 2.20. The standard InChI is InChI=1S/C32H27ClN4O5S/c1-2-28(31(40)36-23-13-14-26(33)25(18-23)32(41)42)43-24-12-6-11-22(17-24)35-30(39)27(16-20-8-7-15-34-19-20)37-29(38)21-9-4-3-5-10-21/h3-19,28H,2H2,1H3,(H,35,39)(H,36,40)(H,37,38)(H,41,42)/b27-16-. The van der Waals surface area contributed by atoms with E-state index in [1.165, 1.54) is 36.0 Å². The van der Waals surface area contributed by atoms with Crippen LogP contribution < -0.4 is 16.0 Å². The summed E-state index contributed by atoms with van der Waals surface area (Å²) in [7, 11) is 0. The topological polar surface area (TPSA) is 137 Å². The normalized spacial score (nSPS) is 11.7. The van der Waals surface area contributed by atoms with Crippen molar-refractivity contribution < 1.29 is 24.3 Å². The number of carbonyl (C=O) groups is 4. The summed E-state index contributed by atoms with van der Waals surface area (Å²) < 4.78 is 0. The van der Waals surface area contributed by atoms with Gasteiger partial charge in [0.25, 0.3) is 11.8 Å². The van der Waals surface area contributed by atoms with E-state index in [0.29, 0.717) is 33.8 Å². The number of hydrogen-bond acceptors (Lipinski definition) is 6. The Morgan fingerprint density at radius 3 is 2.40 bits per heavy atom. The van der Waals surface area contributed by atoms with Crippen LogP contribution in [0.25, 0.3) is 6.08 Å². The Kier molecular flexibility index (Phi) is 10.7. The van der Waals surface area contributed by atoms with Crippen LogP contribution in [0.3, 0.4) is 0 Å². The van der Waals surface area contributed by atoms with Gasteiger partial charge in [0.1, 0.15) is 5.70 Å². The number of amides is 3. The predicted octanol–water partition coefficient (Wildman–Crippen LogP) is 6.35. The Morgan fingerprint density at radius 2 is 1.70 bits per heavy atom. The molecule has 4 rings (SSSR count). The average molecular weight is 615 g/mol. The lowest BCUT2D eigenvalue weighted by molar-refractivity contribution is -0.116. The fourth-order valence-corrected chi connectivity index (χ4v) is 5.10. The van der Waals surface area contributed by atoms with E-state index in [4.69, 9.17) is 11.6 Å². The molecule has 9 nitrogen and oxygen atoms in total. The molecule has 3 aromatic carbocycles. The molecule has 4 N–H and O–H groups in total. The molecule has 0 spiro atoms. The van der Waals surface area contributed by atoms with Crippen molar-refractivity contribution in [3.05, 3.63) is 125 Å². The molecule has 0 bridgehead atoms. The van der Waals surface area contributed by atoms with Crippen molar-refractivity contribution in [2.24, 2.45) is 0 Å². The van der Waals surface area contributed by atoms with Crippen molar-refractivity contribution in [1.82, 2.24) is 10.3 Å². The van der Waals surface area contributed by atoms with E-state index in [9.17, 15) is 24.3 Å². The summed E-state index contributed by atoms with van der Waals surface area (Å²) in [5.74, 6) is -2.49. The number of nitrogens with one attached hydrogen (secondary N) is 3. The van der Waals surface area contributed by atoms with Crippen molar-refractivity contribution in [1.29, 1.82) is 0 Å². The average Bonchev–Trinajstić information content (AvgIpc) is 3.01. The smallest absolute Gasteiger partial charge is 0.337 e. The first kappa shape index (κ1) is 31.0. The Morgan fingerprint density at radius 1 is 0.930 bits per heavy atom. The molecule has 0 aliphatic carbocycles. The second kappa shape index (κ2) is 14.8. The van der Waals surface area contributed by atoms with Crippen LogP contribution in [0.15, 0.2) is 108 Å². The summed E-state index contributed by atoms with van der Waals surface area (Å²) in [5.41, 5.74) is 1.71. The fourth-order valence-electron chi connectivity index (χ4n) is 3.89. The number of carboxylic acids is 1. The van der Waals surface area contributed by atoms with Gasteiger partial charge in [-0.1, -0.05) is 48.9 Å². The van der Waals surface area contributed by atoms with Crippen LogP contribution >= 0.6 is 23.4 Å². The lowest BCUT2D eigenvalue weighted by Crippen LogP contribution is -2.30. The molecule has 0 saturated carbocycles. The molecule has 1 atom stereocenters. The maximum atomic E-state index is 13.3. The van der Waals surface area contributed by atoms with Gasteiger partial charge in [0.2, 0.25) is 5.91 Å². The van der Waals surface area contributed by atoms with Gasteiger partial charge in [0.05, 0.1) is 15.8 Å². The summed E-state index contributed by atoms with van der Waals surface area (Å²) in [6, 6.07) is 23.3. The maximum absolute atomic E-state index is 13.3. The highest BCUT2D eigenvalue weighted by Crippen LogP contribution is 2.29. The number of halogens is 1. The SMILES string of the molecule is CCC(Sc1cccc(NC(=O)/C(=C/c2cccnc2)NC(=O)c2ccccc2)c1)C(=O)Nc1ccc(Cl)c(C(=O)O)c1. The number of hydrogen-bond donors (Lipinski definition) is 4. The van der Waals surface area contributed by atoms with Crippen molar-refractivity contribution in [3.8, 4) is 0 Å². The zero-order chi connectivity index (χ0) is 30.8. The summed E-state index contributed by atoms with van der Waals surface area (Å²) in [4.78, 5) is 55.4. The Balaban J connectivity index is 1.48. The van der Waals surface area contributed by atoms with Gasteiger partial charge in [-0.2, -0.15) is 0 Å². The summed E-state index contributed by atoms with van der Waals surface area (Å²) in [5, 5.41) is 17.1. The number of aromatic nitrogens is 1. The van der Waals surface area contributed by atoms with E-state index < -0.39 is 23.0 Å². The molecule has 11 heteroatoms. The molecule has 1 aromatic heterocycles. The number of thioether (sulfide) groups is 1. The maximum Gasteiger partial charge on any atom is 0.337 e. The van der Waals surface area contributed by atoms with Crippen LogP contribution in [0.1, 0.15) is 39.6 Å². The van der Waals surface area contributed by atoms with E-state index >= 15 is 0 Å². The van der Waals surface area contributed by atoms with Gasteiger partial charge in [-0.3, -0.25) is 19.4 Å². The molecular weight excluding hydrogens is 588 g/mol. The molecule has 1 heterocycles. The summed E-state index contributed by atoms with van der Waals surface area (Å²) in [6.45, 7) is 1.86. The molecular formula is C32H27ClN4O5S. The van der Waals surface area contributed by atoms with Gasteiger partial charge in [-0.15, -0.1) is 11.8 Å². The molecule has 1 unspecified atom stereocenters. The largest absolute Gasteiger partial charge is 0.478 e. The molecule has 218 valence electrons. The third kappa shape index (κ3) is 8.78. The van der Waals surface area contributed by atoms with Gasteiger partial charge in [0.15, 0.2) is 0 Å². The van der Waals surface area contributed by atoms with Crippen molar-refractivity contribution in [3.63, 3.8) is 0 Å². The van der Waals surface area contributed by atoms with Gasteiger partial charge in [-0.05, 0) is 72.7 Å². The monoisotopic (exact) mass is 614 g/mol. The summed E-state index contributed by atoms with van der Waals surface area (Å²) >= 11 is 7.23. The highest BCUT2D eigenvalue weighted by atomic mass is 35.5. The van der Waals surface area contributed by atoms with Crippen LogP contribution in [-0.4, -0.2) is 39.0 Å². The van der Waals surface area contributed by atoms with Gasteiger partial charge in [-0.25, -0.2) is 4.79 Å². The van der Waals surface area contributed by atoms with E-state index in [-0.39, 0.29) is 22.2 Å². The zero-order valence-corrected chi connectivity index (χ0v) is 24.5. The molecule has 0 aliphatic rings. The second-order valence-electron chi connectivity index (χ2n) is 9.15. The van der Waals surface area contributed by atoms with Gasteiger partial charge < -0.3 is 21.1 Å². The van der Waals surface area contributed by atoms with Crippen LogP contribution in [0.2, 0.25) is 5.02 Å². The van der Waals surface area contributed by atoms with E-state index in [1.54, 1.807) is 73.1 Å². The Hall–Kier alpha value is -4.93. The first-order chi connectivity index (χ1) is 20.7. The lowest BCUT2D eigenvalue weighted by Gasteiger charge is -2.16. The van der Waals surface area contributed by atoms with Crippen LogP contribution in [0.4, 0.5) is 11.4 Å². The number of rotatable bonds is 11. The Labute approximate surface area is 257 Å². The van der Waals surface area contributed by atoms with Crippen LogP contribution in [-0.2, 0) is 9.59 Å². The quantitative estimate of drug-likeness (QED) is 0.114. The van der Waals surface area contributed by atoms with Crippen molar-refractivity contribution >= 4 is 64.5 Å². The van der Waals surface area contributed by atoms with Crippen molar-refractivity contribution in [2.45, 2.75) is 23.5 Å². The number of benzene rings is 3. The van der Waals surface area contributed by atoms with E-state index in [0.717, 1.165) is 0 Å². The molecule has 4 aromatic rings. The van der Waals surface area contributed by atoms with Gasteiger partial charge in [0, 0.05) is 34.2 Å². The Bertz CT molecular complexity index is 1670. The minimum absolute atomic E-state index is 0.0226. The minimum Gasteiger partial charge on any atom is -0.478 e. The molecule has 0 fully saturated rings. The van der Waals surface area contributed by atoms with Crippen LogP contribution in [0, 0.1) is 0 Å². The molecule has 0 saturated heterocycles. The van der Waals surface area contributed by atoms with Crippen LogP contribution in [0.5, 0.6) is 0 Å². The first-order valence-corrected chi connectivity index (χ1v) is 14.4. The highest BCUT2D eigenvalue weighted by molar-refractivity contribution is 8.00. The number of carboxylic acid groups (broad SMARTS) is 1. The summed E-state index contributed by atoms with van der Waals surface area (Å²) in [6.07, 6.45) is 5.19. The zero-order valence-electron chi connectivity index (χ0n) is 22.9. The molecule has 0 radical (unpaired) electrons. The van der Waals surface area contributed by atoms with E-state index in [2.05, 4.69) is 20.9 Å². The van der Waals surface area contributed by atoms with Gasteiger partial charge >= 0.3 is 5.97 Å². The number of aromatic carboxylic acids is 1. The molecule has 3 amide bonds. The van der Waals surface area contributed by atoms with Crippen molar-refractivity contribution in [2.75, 3.05) is 10.6 Å². The third-order valence-corrected chi connectivity index (χ3v) is 7.71. The minimum atomic E-state index is -1.19. The second-order valence-corrected chi connectivity index (χ2v) is 10.8. The number of carbonyl (C=O) groups excluding carboxylic acids is 3. The number of nitrogens with zero attached hydrogens (tertiary/aromatic N) is 1.